The second-order valence-electron chi connectivity index (χ2n) is 5.52. The minimum absolute atomic E-state index is 0.0966. The molecule has 0 unspecified atom stereocenters. The Kier molecular flexibility index (Phi) is 5.50. The van der Waals surface area contributed by atoms with Gasteiger partial charge in [-0.05, 0) is 37.3 Å². The van der Waals surface area contributed by atoms with E-state index in [-0.39, 0.29) is 23.6 Å². The number of hydrogen-bond donors (Lipinski definition) is 1. The molecule has 144 valence electrons. The lowest BCUT2D eigenvalue weighted by Crippen LogP contribution is -2.12. The van der Waals surface area contributed by atoms with Crippen LogP contribution in [-0.4, -0.2) is 35.5 Å². The Balaban J connectivity index is 1.85. The molecule has 10 heteroatoms. The Bertz CT molecular complexity index is 1080. The Morgan fingerprint density at radius 3 is 2.64 bits per heavy atom. The van der Waals surface area contributed by atoms with E-state index in [1.807, 2.05) is 0 Å². The number of methoxy groups -OCH3 is 1. The first kappa shape index (κ1) is 19.2. The second-order valence-corrected chi connectivity index (χ2v) is 6.55. The molecule has 0 aliphatic carbocycles. The molecule has 3 rings (SSSR count). The van der Waals surface area contributed by atoms with Gasteiger partial charge < -0.3 is 9.47 Å². The molecule has 0 saturated carbocycles. The lowest BCUT2D eigenvalue weighted by molar-refractivity contribution is -0.385. The first-order chi connectivity index (χ1) is 13.4. The number of hydrogen-bond acceptors (Lipinski definition) is 8. The molecule has 0 bridgehead atoms. The van der Waals surface area contributed by atoms with Crippen LogP contribution in [0.5, 0.6) is 5.75 Å². The van der Waals surface area contributed by atoms with Crippen LogP contribution in [0.1, 0.15) is 27.6 Å². The summed E-state index contributed by atoms with van der Waals surface area (Å²) in [7, 11) is 1.29. The molecule has 0 fully saturated rings. The average molecular weight is 401 g/mol. The molecule has 0 radical (unpaired) electrons. The molecule has 1 heterocycles. The van der Waals surface area contributed by atoms with Crippen molar-refractivity contribution in [2.75, 3.05) is 19.0 Å². The largest absolute Gasteiger partial charge is 0.487 e. The number of aromatic nitrogens is 1. The fourth-order valence-electron chi connectivity index (χ4n) is 2.47. The van der Waals surface area contributed by atoms with Gasteiger partial charge in [0.05, 0.1) is 34.4 Å². The van der Waals surface area contributed by atoms with E-state index in [0.717, 1.165) is 6.07 Å². The van der Waals surface area contributed by atoms with Gasteiger partial charge in [-0.3, -0.25) is 20.2 Å². The molecule has 2 aromatic carbocycles. The highest BCUT2D eigenvalue weighted by atomic mass is 32.1. The van der Waals surface area contributed by atoms with Crippen molar-refractivity contribution < 1.29 is 24.0 Å². The van der Waals surface area contributed by atoms with Crippen LogP contribution in [-0.2, 0) is 4.74 Å². The molecule has 9 nitrogen and oxygen atoms in total. The van der Waals surface area contributed by atoms with Gasteiger partial charge >= 0.3 is 11.7 Å². The van der Waals surface area contributed by atoms with Crippen LogP contribution in [0, 0.1) is 10.1 Å². The molecular formula is C18H15N3O6S. The van der Waals surface area contributed by atoms with E-state index in [1.165, 1.54) is 30.6 Å². The number of fused-ring (bicyclic) bond motifs is 1. The van der Waals surface area contributed by atoms with Crippen molar-refractivity contribution in [2.45, 2.75) is 6.92 Å². The van der Waals surface area contributed by atoms with Gasteiger partial charge in [-0.15, -0.1) is 0 Å². The summed E-state index contributed by atoms with van der Waals surface area (Å²) in [6.07, 6.45) is 0. The standard InChI is InChI=1S/C18H15N3O6S/c1-3-27-14-7-5-10(8-13(14)21(24)25)16(22)20-18-19-12-6-4-11(17(23)26-2)9-15(12)28-18/h4-9H,3H2,1-2H3,(H,19,20,22). The zero-order valence-corrected chi connectivity index (χ0v) is 15.7. The summed E-state index contributed by atoms with van der Waals surface area (Å²) < 4.78 is 10.6. The van der Waals surface area contributed by atoms with E-state index in [9.17, 15) is 19.7 Å². The highest BCUT2D eigenvalue weighted by molar-refractivity contribution is 7.22. The van der Waals surface area contributed by atoms with Crippen molar-refractivity contribution in [1.29, 1.82) is 0 Å². The molecule has 1 amide bonds. The number of amides is 1. The zero-order chi connectivity index (χ0) is 20.3. The zero-order valence-electron chi connectivity index (χ0n) is 14.9. The number of anilines is 1. The molecule has 0 spiro atoms. The Hall–Kier alpha value is -3.53. The van der Waals surface area contributed by atoms with Crippen molar-refractivity contribution in [1.82, 2.24) is 4.98 Å². The first-order valence-corrected chi connectivity index (χ1v) is 8.96. The lowest BCUT2D eigenvalue weighted by Gasteiger charge is -2.06. The van der Waals surface area contributed by atoms with Gasteiger partial charge in [0.25, 0.3) is 5.91 Å². The van der Waals surface area contributed by atoms with E-state index >= 15 is 0 Å². The predicted octanol–water partition coefficient (Wildman–Crippen LogP) is 3.64. The Morgan fingerprint density at radius 1 is 1.21 bits per heavy atom. The van der Waals surface area contributed by atoms with E-state index in [0.29, 0.717) is 20.9 Å². The summed E-state index contributed by atoms with van der Waals surface area (Å²) in [4.78, 5) is 39.0. The summed E-state index contributed by atoms with van der Waals surface area (Å²) in [6.45, 7) is 1.98. The maximum atomic E-state index is 12.5. The number of carbonyl (C=O) groups is 2. The van der Waals surface area contributed by atoms with Crippen LogP contribution in [0.4, 0.5) is 10.8 Å². The Labute approximate surface area is 163 Å². The average Bonchev–Trinajstić information content (AvgIpc) is 3.08. The summed E-state index contributed by atoms with van der Waals surface area (Å²) in [5, 5.41) is 14.1. The molecule has 3 aromatic rings. The molecule has 0 aliphatic heterocycles. The summed E-state index contributed by atoms with van der Waals surface area (Å²) in [5.74, 6) is -0.916. The van der Waals surface area contributed by atoms with Crippen LogP contribution < -0.4 is 10.1 Å². The highest BCUT2D eigenvalue weighted by Gasteiger charge is 2.19. The number of rotatable bonds is 6. The molecular weight excluding hydrogens is 386 g/mol. The van der Waals surface area contributed by atoms with Gasteiger partial charge in [0.15, 0.2) is 10.9 Å². The number of nitrogens with zero attached hydrogens (tertiary/aromatic N) is 2. The lowest BCUT2D eigenvalue weighted by atomic mass is 10.1. The summed E-state index contributed by atoms with van der Waals surface area (Å²) in [6, 6.07) is 8.83. The molecule has 28 heavy (non-hydrogen) atoms. The number of esters is 1. The predicted molar refractivity (Wildman–Crippen MR) is 103 cm³/mol. The fraction of sp³-hybridized carbons (Fsp3) is 0.167. The summed E-state index contributed by atoms with van der Waals surface area (Å²) in [5.41, 5.74) is 0.787. The minimum atomic E-state index is -0.603. The van der Waals surface area contributed by atoms with Gasteiger partial charge in [0.1, 0.15) is 0 Å². The van der Waals surface area contributed by atoms with Crippen molar-refractivity contribution >= 4 is 44.2 Å². The van der Waals surface area contributed by atoms with E-state index < -0.39 is 16.8 Å². The smallest absolute Gasteiger partial charge is 0.337 e. The quantitative estimate of drug-likeness (QED) is 0.380. The van der Waals surface area contributed by atoms with E-state index in [2.05, 4.69) is 15.0 Å². The molecule has 1 aromatic heterocycles. The maximum absolute atomic E-state index is 12.5. The Morgan fingerprint density at radius 2 is 1.96 bits per heavy atom. The molecule has 0 aliphatic rings. The number of ether oxygens (including phenoxy) is 2. The third kappa shape index (κ3) is 3.91. The van der Waals surface area contributed by atoms with Gasteiger partial charge in [0.2, 0.25) is 0 Å². The van der Waals surface area contributed by atoms with Crippen LogP contribution in [0.2, 0.25) is 0 Å². The third-order valence-electron chi connectivity index (χ3n) is 3.75. The third-order valence-corrected chi connectivity index (χ3v) is 4.68. The van der Waals surface area contributed by atoms with Crippen molar-refractivity contribution in [3.8, 4) is 5.75 Å². The van der Waals surface area contributed by atoms with Crippen molar-refractivity contribution in [3.05, 3.63) is 57.6 Å². The van der Waals surface area contributed by atoms with Crippen LogP contribution in [0.25, 0.3) is 10.2 Å². The topological polar surface area (TPSA) is 121 Å². The number of nitro benzene ring substituents is 1. The number of nitro groups is 1. The van der Waals surface area contributed by atoms with Crippen LogP contribution in [0.3, 0.4) is 0 Å². The van der Waals surface area contributed by atoms with Gasteiger partial charge in [-0.1, -0.05) is 11.3 Å². The minimum Gasteiger partial charge on any atom is -0.487 e. The molecule has 0 saturated heterocycles. The number of carbonyl (C=O) groups excluding carboxylic acids is 2. The fourth-order valence-corrected chi connectivity index (χ4v) is 3.37. The SMILES string of the molecule is CCOc1ccc(C(=O)Nc2nc3ccc(C(=O)OC)cc3s2)cc1[N+](=O)[O-]. The number of benzene rings is 2. The first-order valence-electron chi connectivity index (χ1n) is 8.14. The van der Waals surface area contributed by atoms with Crippen molar-refractivity contribution in [3.63, 3.8) is 0 Å². The van der Waals surface area contributed by atoms with Gasteiger partial charge in [0, 0.05) is 11.6 Å². The summed E-state index contributed by atoms with van der Waals surface area (Å²) >= 11 is 1.17. The highest BCUT2D eigenvalue weighted by Crippen LogP contribution is 2.30. The number of nitrogens with one attached hydrogen (secondary N) is 1. The second kappa shape index (κ2) is 8.01. The van der Waals surface area contributed by atoms with Crippen LogP contribution in [0.15, 0.2) is 36.4 Å². The van der Waals surface area contributed by atoms with E-state index in [4.69, 9.17) is 4.74 Å². The van der Waals surface area contributed by atoms with E-state index in [1.54, 1.807) is 25.1 Å². The monoisotopic (exact) mass is 401 g/mol. The van der Waals surface area contributed by atoms with Gasteiger partial charge in [-0.25, -0.2) is 9.78 Å². The van der Waals surface area contributed by atoms with Crippen LogP contribution >= 0.6 is 11.3 Å². The molecule has 1 N–H and O–H groups in total. The van der Waals surface area contributed by atoms with Gasteiger partial charge in [-0.2, -0.15) is 0 Å². The van der Waals surface area contributed by atoms with Crippen molar-refractivity contribution in [2.24, 2.45) is 0 Å². The maximum Gasteiger partial charge on any atom is 0.337 e. The number of thiazole rings is 1. The molecule has 0 atom stereocenters. The normalized spacial score (nSPS) is 10.5.